The van der Waals surface area contributed by atoms with E-state index in [0.29, 0.717) is 31.5 Å². The summed E-state index contributed by atoms with van der Waals surface area (Å²) < 4.78 is 0. The zero-order chi connectivity index (χ0) is 16.6. The quantitative estimate of drug-likeness (QED) is 0.773. The van der Waals surface area contributed by atoms with E-state index in [2.05, 4.69) is 18.7 Å². The first-order chi connectivity index (χ1) is 10.9. The molecule has 1 saturated carbocycles. The lowest BCUT2D eigenvalue weighted by molar-refractivity contribution is -0.137. The van der Waals surface area contributed by atoms with Crippen LogP contribution in [0.4, 0.5) is 0 Å². The summed E-state index contributed by atoms with van der Waals surface area (Å²) in [6.45, 7) is 9.63. The molecular formula is C17H32Cl2N4O2. The second kappa shape index (κ2) is 8.89. The first kappa shape index (κ1) is 22.5. The molecule has 2 unspecified atom stereocenters. The van der Waals surface area contributed by atoms with Gasteiger partial charge in [0.15, 0.2) is 0 Å². The van der Waals surface area contributed by atoms with Crippen LogP contribution < -0.4 is 5.73 Å². The Kier molecular flexibility index (Phi) is 7.99. The van der Waals surface area contributed by atoms with Crippen molar-refractivity contribution >= 4 is 36.6 Å². The van der Waals surface area contributed by atoms with Gasteiger partial charge < -0.3 is 15.5 Å². The van der Waals surface area contributed by atoms with Gasteiger partial charge in [-0.3, -0.25) is 14.5 Å². The SMILES string of the molecule is CC1CC(C)CN(C(=O)CN2CCN(C(=O)C3(N)CC3)CC2)C1.Cl.Cl. The second-order valence-corrected chi connectivity index (χ2v) is 7.97. The molecule has 0 spiro atoms. The average molecular weight is 395 g/mol. The summed E-state index contributed by atoms with van der Waals surface area (Å²) >= 11 is 0. The van der Waals surface area contributed by atoms with Crippen molar-refractivity contribution in [3.63, 3.8) is 0 Å². The minimum Gasteiger partial charge on any atom is -0.341 e. The van der Waals surface area contributed by atoms with Crippen molar-refractivity contribution in [2.45, 2.75) is 38.6 Å². The zero-order valence-corrected chi connectivity index (χ0v) is 16.9. The third-order valence-electron chi connectivity index (χ3n) is 5.45. The van der Waals surface area contributed by atoms with Crippen molar-refractivity contribution in [1.82, 2.24) is 14.7 Å². The molecule has 6 nitrogen and oxygen atoms in total. The molecule has 3 aliphatic rings. The monoisotopic (exact) mass is 394 g/mol. The number of piperidine rings is 1. The topological polar surface area (TPSA) is 69.9 Å². The van der Waals surface area contributed by atoms with E-state index < -0.39 is 5.54 Å². The van der Waals surface area contributed by atoms with Gasteiger partial charge >= 0.3 is 0 Å². The van der Waals surface area contributed by atoms with Crippen LogP contribution in [0, 0.1) is 11.8 Å². The summed E-state index contributed by atoms with van der Waals surface area (Å²) in [7, 11) is 0. The number of rotatable bonds is 3. The third kappa shape index (κ3) is 5.46. The predicted molar refractivity (Wildman–Crippen MR) is 103 cm³/mol. The summed E-state index contributed by atoms with van der Waals surface area (Å²) in [6, 6.07) is 0. The molecule has 0 aromatic heterocycles. The molecule has 0 aromatic rings. The number of likely N-dealkylation sites (tertiary alicyclic amines) is 1. The molecule has 0 aromatic carbocycles. The fraction of sp³-hybridized carbons (Fsp3) is 0.882. The largest absolute Gasteiger partial charge is 0.341 e. The van der Waals surface area contributed by atoms with E-state index in [1.807, 2.05) is 9.80 Å². The first-order valence-electron chi connectivity index (χ1n) is 8.96. The van der Waals surface area contributed by atoms with Crippen LogP contribution in [0.25, 0.3) is 0 Å². The molecule has 3 rings (SSSR count). The van der Waals surface area contributed by atoms with Crippen LogP contribution in [0.1, 0.15) is 33.1 Å². The van der Waals surface area contributed by atoms with Crippen LogP contribution in [0.3, 0.4) is 0 Å². The maximum Gasteiger partial charge on any atom is 0.242 e. The number of nitrogens with two attached hydrogens (primary N) is 1. The van der Waals surface area contributed by atoms with E-state index in [9.17, 15) is 9.59 Å². The number of halogens is 2. The molecule has 2 saturated heterocycles. The minimum atomic E-state index is -0.571. The molecule has 1 aliphatic carbocycles. The predicted octanol–water partition coefficient (Wildman–Crippen LogP) is 0.970. The van der Waals surface area contributed by atoms with Crippen molar-refractivity contribution in [2.75, 3.05) is 45.8 Å². The van der Waals surface area contributed by atoms with Gasteiger partial charge in [-0.05, 0) is 31.1 Å². The maximum absolute atomic E-state index is 12.5. The lowest BCUT2D eigenvalue weighted by Gasteiger charge is -2.39. The smallest absolute Gasteiger partial charge is 0.242 e. The highest BCUT2D eigenvalue weighted by Gasteiger charge is 2.48. The van der Waals surface area contributed by atoms with Crippen LogP contribution in [0.5, 0.6) is 0 Å². The van der Waals surface area contributed by atoms with Crippen molar-refractivity contribution < 1.29 is 9.59 Å². The third-order valence-corrected chi connectivity index (χ3v) is 5.45. The van der Waals surface area contributed by atoms with Crippen molar-refractivity contribution in [3.05, 3.63) is 0 Å². The van der Waals surface area contributed by atoms with Crippen molar-refractivity contribution in [3.8, 4) is 0 Å². The molecule has 146 valence electrons. The van der Waals surface area contributed by atoms with Crippen LogP contribution >= 0.6 is 24.8 Å². The second-order valence-electron chi connectivity index (χ2n) is 7.97. The van der Waals surface area contributed by atoms with E-state index in [4.69, 9.17) is 5.73 Å². The number of carbonyl (C=O) groups excluding carboxylic acids is 2. The fourth-order valence-electron chi connectivity index (χ4n) is 3.93. The molecule has 25 heavy (non-hydrogen) atoms. The average Bonchev–Trinajstić information content (AvgIpc) is 3.25. The number of piperazine rings is 1. The van der Waals surface area contributed by atoms with Crippen molar-refractivity contribution in [1.29, 1.82) is 0 Å². The number of nitrogens with zero attached hydrogens (tertiary/aromatic N) is 3. The van der Waals surface area contributed by atoms with Gasteiger partial charge in [-0.15, -0.1) is 24.8 Å². The molecule has 0 bridgehead atoms. The Hall–Kier alpha value is -0.560. The summed E-state index contributed by atoms with van der Waals surface area (Å²) in [5.41, 5.74) is 5.42. The highest BCUT2D eigenvalue weighted by molar-refractivity contribution is 5.89. The summed E-state index contributed by atoms with van der Waals surface area (Å²) in [5, 5.41) is 0. The van der Waals surface area contributed by atoms with E-state index in [0.717, 1.165) is 39.0 Å². The molecule has 8 heteroatoms. The number of carbonyl (C=O) groups is 2. The number of hydrogen-bond donors (Lipinski definition) is 1. The van der Waals surface area contributed by atoms with Gasteiger partial charge in [0.1, 0.15) is 0 Å². The van der Waals surface area contributed by atoms with Gasteiger partial charge in [0.2, 0.25) is 11.8 Å². The Morgan fingerprint density at radius 1 is 0.960 bits per heavy atom. The Bertz CT molecular complexity index is 469. The van der Waals surface area contributed by atoms with Gasteiger partial charge in [-0.25, -0.2) is 0 Å². The highest BCUT2D eigenvalue weighted by Crippen LogP contribution is 2.34. The fourth-order valence-corrected chi connectivity index (χ4v) is 3.93. The van der Waals surface area contributed by atoms with E-state index in [1.54, 1.807) is 0 Å². The summed E-state index contributed by atoms with van der Waals surface area (Å²) in [5.74, 6) is 1.52. The highest BCUT2D eigenvalue weighted by atomic mass is 35.5. The van der Waals surface area contributed by atoms with Crippen molar-refractivity contribution in [2.24, 2.45) is 17.6 Å². The zero-order valence-electron chi connectivity index (χ0n) is 15.3. The number of amides is 2. The van der Waals surface area contributed by atoms with E-state index in [-0.39, 0.29) is 36.6 Å². The van der Waals surface area contributed by atoms with Gasteiger partial charge in [-0.2, -0.15) is 0 Å². The van der Waals surface area contributed by atoms with Gasteiger partial charge in [0, 0.05) is 39.3 Å². The summed E-state index contributed by atoms with van der Waals surface area (Å²) in [4.78, 5) is 30.8. The van der Waals surface area contributed by atoms with Crippen LogP contribution in [-0.2, 0) is 9.59 Å². The van der Waals surface area contributed by atoms with Gasteiger partial charge in [0.25, 0.3) is 0 Å². The minimum absolute atomic E-state index is 0. The molecule has 2 heterocycles. The Morgan fingerprint density at radius 3 is 1.96 bits per heavy atom. The maximum atomic E-state index is 12.5. The van der Waals surface area contributed by atoms with Gasteiger partial charge in [0.05, 0.1) is 12.1 Å². The molecule has 2 amide bonds. The molecule has 0 radical (unpaired) electrons. The molecule has 2 atom stereocenters. The normalized spacial score (nSPS) is 28.6. The summed E-state index contributed by atoms with van der Waals surface area (Å²) in [6.07, 6.45) is 2.84. The molecule has 2 N–H and O–H groups in total. The van der Waals surface area contributed by atoms with Gasteiger partial charge in [-0.1, -0.05) is 13.8 Å². The standard InChI is InChI=1S/C17H30N4O2.2ClH/c1-13-9-14(2)11-21(10-13)15(22)12-19-5-7-20(8-6-19)16(23)17(18)3-4-17;;/h13-14H,3-12,18H2,1-2H3;2*1H. The van der Waals surface area contributed by atoms with E-state index >= 15 is 0 Å². The van der Waals surface area contributed by atoms with Crippen LogP contribution in [0.15, 0.2) is 0 Å². The molecule has 3 fully saturated rings. The lowest BCUT2D eigenvalue weighted by atomic mass is 9.92. The number of hydrogen-bond acceptors (Lipinski definition) is 4. The lowest BCUT2D eigenvalue weighted by Crippen LogP contribution is -2.56. The Labute approximate surface area is 163 Å². The first-order valence-corrected chi connectivity index (χ1v) is 8.96. The molecular weight excluding hydrogens is 363 g/mol. The van der Waals surface area contributed by atoms with Crippen LogP contribution in [0.2, 0.25) is 0 Å². The molecule has 2 aliphatic heterocycles. The van der Waals surface area contributed by atoms with Crippen LogP contribution in [-0.4, -0.2) is 77.9 Å². The Balaban J connectivity index is 0.00000156. The van der Waals surface area contributed by atoms with E-state index in [1.165, 1.54) is 6.42 Å². The Morgan fingerprint density at radius 2 is 1.48 bits per heavy atom.